The van der Waals surface area contributed by atoms with E-state index in [-0.39, 0.29) is 0 Å². The zero-order valence-electron chi connectivity index (χ0n) is 34.3. The Morgan fingerprint density at radius 3 is 1.02 bits per heavy atom. The second-order valence-corrected chi connectivity index (χ2v) is 23.4. The molecule has 292 valence electrons. The number of ether oxygens (including phenoxy) is 4. The van der Waals surface area contributed by atoms with Gasteiger partial charge in [0.2, 0.25) is 0 Å². The highest BCUT2D eigenvalue weighted by Gasteiger charge is 2.36. The van der Waals surface area contributed by atoms with Crippen LogP contribution in [0, 0.1) is 6.92 Å². The molecule has 0 saturated heterocycles. The molecule has 0 aromatic heterocycles. The highest BCUT2D eigenvalue weighted by molar-refractivity contribution is 7.90. The molecule has 5 rings (SSSR count). The van der Waals surface area contributed by atoms with Crippen LogP contribution in [0.4, 0.5) is 5.69 Å². The largest absolute Gasteiger partial charge is 0.497 e. The van der Waals surface area contributed by atoms with Gasteiger partial charge in [-0.25, -0.2) is 0 Å². The molecule has 0 saturated carbocycles. The molecule has 0 aliphatic heterocycles. The smallest absolute Gasteiger partial charge is 0.118 e. The Hall–Kier alpha value is -3.82. The van der Waals surface area contributed by atoms with E-state index < -0.39 is 24.2 Å². The molecule has 0 unspecified atom stereocenters. The molecule has 0 N–H and O–H groups in total. The van der Waals surface area contributed by atoms with Gasteiger partial charge in [-0.1, -0.05) is 94.7 Å². The summed E-state index contributed by atoms with van der Waals surface area (Å²) in [6.07, 6.45) is 7.69. The lowest BCUT2D eigenvalue weighted by atomic mass is 10.2. The van der Waals surface area contributed by atoms with Gasteiger partial charge in [-0.15, -0.1) is 0 Å². The fraction of sp³-hybridized carbons (Fsp3) is 0.362. The molecule has 0 heterocycles. The first-order valence-electron chi connectivity index (χ1n) is 19.9. The lowest BCUT2D eigenvalue weighted by Crippen LogP contribution is -2.47. The van der Waals surface area contributed by atoms with Crippen molar-refractivity contribution >= 4 is 56.3 Å². The summed E-state index contributed by atoms with van der Waals surface area (Å²) in [6, 6.07) is 46.6. The Balaban J connectivity index is 1.83. The normalized spacial score (nSPS) is 11.5. The van der Waals surface area contributed by atoms with Crippen LogP contribution in [0.15, 0.2) is 115 Å². The quantitative estimate of drug-likeness (QED) is 0.0547. The van der Waals surface area contributed by atoms with Crippen molar-refractivity contribution in [2.75, 3.05) is 32.9 Å². The predicted molar refractivity (Wildman–Crippen MR) is 243 cm³/mol. The second kappa shape index (κ2) is 20.9. The van der Waals surface area contributed by atoms with Gasteiger partial charge in [-0.3, -0.25) is 0 Å². The van der Waals surface area contributed by atoms with Crippen LogP contribution in [0.3, 0.4) is 0 Å². The number of aryl methyl sites for hydroxylation is 1. The molecular formula is C47H61NO4P2Si. The number of methoxy groups -OCH3 is 4. The number of rotatable bonds is 21. The number of hydrogen-bond donors (Lipinski definition) is 0. The van der Waals surface area contributed by atoms with E-state index >= 15 is 0 Å². The lowest BCUT2D eigenvalue weighted by Gasteiger charge is -2.42. The fourth-order valence-electron chi connectivity index (χ4n) is 7.50. The molecule has 0 atom stereocenters. The van der Waals surface area contributed by atoms with E-state index in [9.17, 15) is 0 Å². The van der Waals surface area contributed by atoms with Gasteiger partial charge in [0.05, 0.1) is 52.7 Å². The highest BCUT2D eigenvalue weighted by atomic mass is 31.2. The van der Waals surface area contributed by atoms with Crippen molar-refractivity contribution < 1.29 is 18.9 Å². The first-order chi connectivity index (χ1) is 26.8. The van der Waals surface area contributed by atoms with Gasteiger partial charge in [0.1, 0.15) is 23.0 Å². The van der Waals surface area contributed by atoms with Crippen molar-refractivity contribution in [1.29, 1.82) is 0 Å². The third-order valence-corrected chi connectivity index (χ3v) is 21.6. The topological polar surface area (TPSA) is 40.2 Å². The maximum atomic E-state index is 5.67. The molecule has 5 aromatic carbocycles. The summed E-state index contributed by atoms with van der Waals surface area (Å²) < 4.78 is 25.4. The van der Waals surface area contributed by atoms with E-state index in [2.05, 4.69) is 147 Å². The maximum Gasteiger partial charge on any atom is 0.118 e. The second-order valence-electron chi connectivity index (χ2n) is 14.3. The molecule has 0 amide bonds. The van der Waals surface area contributed by atoms with E-state index in [0.717, 1.165) is 23.0 Å². The summed E-state index contributed by atoms with van der Waals surface area (Å²) in [5, 5.41) is 6.63. The van der Waals surface area contributed by atoms with Gasteiger partial charge in [0.25, 0.3) is 0 Å². The molecule has 55 heavy (non-hydrogen) atoms. The van der Waals surface area contributed by atoms with Crippen LogP contribution < -0.4 is 49.8 Å². The minimum atomic E-state index is -1.74. The zero-order chi connectivity index (χ0) is 39.2. The first kappa shape index (κ1) is 42.3. The van der Waals surface area contributed by atoms with Gasteiger partial charge in [0, 0.05) is 26.9 Å². The van der Waals surface area contributed by atoms with Crippen molar-refractivity contribution in [2.45, 2.75) is 84.4 Å². The summed E-state index contributed by atoms with van der Waals surface area (Å²) in [5.41, 5.74) is 2.60. The van der Waals surface area contributed by atoms with E-state index in [1.165, 1.54) is 89.1 Å². The molecular weight excluding hydrogens is 733 g/mol. The summed E-state index contributed by atoms with van der Waals surface area (Å²) in [6.45, 7) is 9.42. The van der Waals surface area contributed by atoms with Crippen molar-refractivity contribution in [3.8, 4) is 23.0 Å². The molecule has 0 aliphatic carbocycles. The molecule has 5 nitrogen and oxygen atoms in total. The standard InChI is InChI=1S/C47H61NO4P2Si/c1-9-12-33-55(34-13-10-2,35-14-11-3)46-31-32-47(37(4)36-46)48(53(42-23-15-38(49-5)16-24-42)43-25-17-39(50-6)18-26-43)54(44-27-19-40(51-7)20-28-44)45-29-21-41(52-8)22-30-45/h15-32,36H,9-14,33-35H2,1-8H3. The maximum absolute atomic E-state index is 5.67. The summed E-state index contributed by atoms with van der Waals surface area (Å²) in [7, 11) is 2.96. The Labute approximate surface area is 335 Å². The van der Waals surface area contributed by atoms with Gasteiger partial charge in [0.15, 0.2) is 0 Å². The Morgan fingerprint density at radius 2 is 0.764 bits per heavy atom. The zero-order valence-corrected chi connectivity index (χ0v) is 37.1. The van der Waals surface area contributed by atoms with Crippen LogP contribution in [-0.2, 0) is 0 Å². The van der Waals surface area contributed by atoms with Crippen LogP contribution in [0.1, 0.15) is 64.9 Å². The highest BCUT2D eigenvalue weighted by Crippen LogP contribution is 2.58. The molecule has 0 aliphatic rings. The van der Waals surface area contributed by atoms with Crippen molar-refractivity contribution in [2.24, 2.45) is 0 Å². The monoisotopic (exact) mass is 793 g/mol. The van der Waals surface area contributed by atoms with Crippen molar-refractivity contribution in [3.05, 3.63) is 121 Å². The van der Waals surface area contributed by atoms with Gasteiger partial charge >= 0.3 is 0 Å². The number of nitrogens with zero attached hydrogens (tertiary/aromatic N) is 1. The third kappa shape index (κ3) is 10.3. The van der Waals surface area contributed by atoms with Gasteiger partial charge < -0.3 is 23.4 Å². The Morgan fingerprint density at radius 1 is 0.455 bits per heavy atom. The number of anilines is 1. The van der Waals surface area contributed by atoms with E-state index in [4.69, 9.17) is 18.9 Å². The van der Waals surface area contributed by atoms with Gasteiger partial charge in [-0.05, 0) is 116 Å². The molecule has 0 radical (unpaired) electrons. The summed E-state index contributed by atoms with van der Waals surface area (Å²) in [5.74, 6) is 3.39. The average Bonchev–Trinajstić information content (AvgIpc) is 3.24. The number of unbranched alkanes of at least 4 members (excludes halogenated alkanes) is 3. The molecule has 0 fully saturated rings. The van der Waals surface area contributed by atoms with Crippen molar-refractivity contribution in [1.82, 2.24) is 0 Å². The van der Waals surface area contributed by atoms with Gasteiger partial charge in [-0.2, -0.15) is 0 Å². The SMILES string of the molecule is CCCC[Si](CCCC)(CCCC)c1ccc(N(P(c2ccc(OC)cc2)c2ccc(OC)cc2)P(c2ccc(OC)cc2)c2ccc(OC)cc2)c(C)c1. The molecule has 5 aromatic rings. The Bertz CT molecular complexity index is 1670. The van der Waals surface area contributed by atoms with Crippen LogP contribution in [0.25, 0.3) is 0 Å². The molecule has 0 spiro atoms. The van der Waals surface area contributed by atoms with E-state index in [0.29, 0.717) is 0 Å². The van der Waals surface area contributed by atoms with Crippen LogP contribution in [-0.4, -0.2) is 36.5 Å². The molecule has 8 heteroatoms. The number of hydrogen-bond acceptors (Lipinski definition) is 5. The lowest BCUT2D eigenvalue weighted by molar-refractivity contribution is 0.415. The van der Waals surface area contributed by atoms with E-state index in [1.807, 2.05) is 0 Å². The van der Waals surface area contributed by atoms with E-state index in [1.54, 1.807) is 33.6 Å². The first-order valence-corrected chi connectivity index (χ1v) is 25.1. The molecule has 0 bridgehead atoms. The van der Waals surface area contributed by atoms with Crippen LogP contribution >= 0.6 is 16.1 Å². The average molecular weight is 794 g/mol. The van der Waals surface area contributed by atoms with Crippen LogP contribution in [0.2, 0.25) is 18.1 Å². The van der Waals surface area contributed by atoms with Crippen molar-refractivity contribution in [3.63, 3.8) is 0 Å². The summed E-state index contributed by atoms with van der Waals surface area (Å²) in [4.78, 5) is 0. The fourth-order valence-corrected chi connectivity index (χ4v) is 19.2. The summed E-state index contributed by atoms with van der Waals surface area (Å²) >= 11 is 0. The van der Waals surface area contributed by atoms with Crippen LogP contribution in [0.5, 0.6) is 23.0 Å². The number of benzene rings is 5. The minimum Gasteiger partial charge on any atom is -0.497 e. The third-order valence-electron chi connectivity index (χ3n) is 10.7. The predicted octanol–water partition coefficient (Wildman–Crippen LogP) is 11.0. The Kier molecular flexibility index (Phi) is 16.1. The minimum absolute atomic E-state index is 0.848.